The van der Waals surface area contributed by atoms with E-state index >= 15 is 0 Å². The zero-order valence-corrected chi connectivity index (χ0v) is 19.4. The molecule has 2 heterocycles. The molecule has 7 nitrogen and oxygen atoms in total. The number of nitrogens with zero attached hydrogens (tertiary/aromatic N) is 4. The van der Waals surface area contributed by atoms with Crippen molar-refractivity contribution in [2.75, 3.05) is 5.32 Å². The normalized spacial score (nSPS) is 19.4. The van der Waals surface area contributed by atoms with E-state index in [-0.39, 0.29) is 5.69 Å². The number of aliphatic hydroxyl groups is 1. The lowest BCUT2D eigenvalue weighted by atomic mass is 9.85. The third kappa shape index (κ3) is 5.06. The van der Waals surface area contributed by atoms with Gasteiger partial charge in [0.1, 0.15) is 5.69 Å². The van der Waals surface area contributed by atoms with Crippen LogP contribution in [0, 0.1) is 5.92 Å². The summed E-state index contributed by atoms with van der Waals surface area (Å²) in [6.45, 7) is 5.35. The molecule has 1 aromatic carbocycles. The van der Waals surface area contributed by atoms with Crippen molar-refractivity contribution in [3.63, 3.8) is 0 Å². The molecule has 34 heavy (non-hydrogen) atoms. The van der Waals surface area contributed by atoms with Crippen molar-refractivity contribution in [3.8, 4) is 0 Å². The van der Waals surface area contributed by atoms with Gasteiger partial charge in [0.15, 0.2) is 5.69 Å². The molecule has 1 aliphatic carbocycles. The Balaban J connectivity index is 1.66. The Hall–Kier alpha value is -3.01. The van der Waals surface area contributed by atoms with Crippen molar-refractivity contribution in [1.29, 1.82) is 0 Å². The quantitative estimate of drug-likeness (QED) is 0.511. The Kier molecular flexibility index (Phi) is 6.37. The molecule has 1 saturated carbocycles. The highest BCUT2D eigenvalue weighted by Crippen LogP contribution is 2.36. The molecule has 2 N–H and O–H groups in total. The van der Waals surface area contributed by atoms with Gasteiger partial charge in [-0.15, -0.1) is 0 Å². The van der Waals surface area contributed by atoms with Crippen LogP contribution in [-0.2, 0) is 11.8 Å². The minimum absolute atomic E-state index is 0.276. The van der Waals surface area contributed by atoms with Crippen LogP contribution in [0.25, 0.3) is 10.9 Å². The minimum Gasteiger partial charge on any atom is -0.386 e. The zero-order valence-electron chi connectivity index (χ0n) is 19.4. The number of carbonyl (C=O) groups excluding carboxylic acids is 1. The Morgan fingerprint density at radius 3 is 2.50 bits per heavy atom. The van der Waals surface area contributed by atoms with Crippen LogP contribution in [0.3, 0.4) is 0 Å². The van der Waals surface area contributed by atoms with Crippen molar-refractivity contribution in [3.05, 3.63) is 47.7 Å². The van der Waals surface area contributed by atoms with Gasteiger partial charge in [0.2, 0.25) is 0 Å². The van der Waals surface area contributed by atoms with E-state index in [1.807, 2.05) is 10.9 Å². The van der Waals surface area contributed by atoms with Gasteiger partial charge in [-0.2, -0.15) is 18.3 Å². The number of halogens is 3. The Labute approximate surface area is 195 Å². The number of hydrogen-bond acceptors (Lipinski definition) is 5. The van der Waals surface area contributed by atoms with Crippen molar-refractivity contribution in [1.82, 2.24) is 19.7 Å². The first-order chi connectivity index (χ1) is 16.0. The maximum Gasteiger partial charge on any atom is 0.434 e. The highest BCUT2D eigenvalue weighted by atomic mass is 19.4. The van der Waals surface area contributed by atoms with Gasteiger partial charge < -0.3 is 10.4 Å². The number of fused-ring (bicyclic) bond motifs is 1. The first-order valence-corrected chi connectivity index (χ1v) is 11.4. The van der Waals surface area contributed by atoms with Crippen molar-refractivity contribution in [2.24, 2.45) is 5.92 Å². The molecule has 182 valence electrons. The molecule has 0 atom stereocenters. The standard InChI is InChI=1S/C24H28F3N5O2/c1-4-14-5-7-16(8-6-14)32-13-15-9-19(17(23(2,3)34)10-18(15)31-32)30-22(33)20-11-28-12-21(29-20)24(25,26)27/h9-14,16,34H,4-8H2,1-3H3,(H,30,33). The van der Waals surface area contributed by atoms with Gasteiger partial charge in [-0.3, -0.25) is 14.5 Å². The Bertz CT molecular complexity index is 1190. The van der Waals surface area contributed by atoms with Gasteiger partial charge in [-0.05, 0) is 57.6 Å². The predicted octanol–water partition coefficient (Wildman–Crippen LogP) is 5.47. The van der Waals surface area contributed by atoms with Gasteiger partial charge >= 0.3 is 6.18 Å². The highest BCUT2D eigenvalue weighted by Gasteiger charge is 2.34. The molecular weight excluding hydrogens is 447 g/mol. The number of rotatable bonds is 5. The third-order valence-corrected chi connectivity index (χ3v) is 6.49. The SMILES string of the molecule is CCC1CCC(n2cc3cc(NC(=O)c4cncc(C(F)(F)F)n4)c(C(C)(C)O)cc3n2)CC1. The van der Waals surface area contributed by atoms with E-state index in [4.69, 9.17) is 5.10 Å². The molecule has 1 aliphatic rings. The minimum atomic E-state index is -4.72. The van der Waals surface area contributed by atoms with Crippen molar-refractivity contribution < 1.29 is 23.1 Å². The second kappa shape index (κ2) is 8.98. The molecule has 1 fully saturated rings. The summed E-state index contributed by atoms with van der Waals surface area (Å²) in [7, 11) is 0. The Morgan fingerprint density at radius 2 is 1.88 bits per heavy atom. The average Bonchev–Trinajstić information content (AvgIpc) is 3.20. The lowest BCUT2D eigenvalue weighted by Gasteiger charge is -2.27. The molecule has 0 radical (unpaired) electrons. The van der Waals surface area contributed by atoms with Crippen LogP contribution < -0.4 is 5.32 Å². The summed E-state index contributed by atoms with van der Waals surface area (Å²) in [6, 6.07) is 3.68. The smallest absolute Gasteiger partial charge is 0.386 e. The fraction of sp³-hybridized carbons (Fsp3) is 0.500. The number of alkyl halides is 3. The topological polar surface area (TPSA) is 92.9 Å². The second-order valence-electron chi connectivity index (χ2n) is 9.45. The fourth-order valence-electron chi connectivity index (χ4n) is 4.50. The zero-order chi connectivity index (χ0) is 24.7. The summed E-state index contributed by atoms with van der Waals surface area (Å²) < 4.78 is 40.9. The average molecular weight is 476 g/mol. The number of hydrogen-bond donors (Lipinski definition) is 2. The van der Waals surface area contributed by atoms with Gasteiger partial charge in [-0.25, -0.2) is 4.98 Å². The summed E-state index contributed by atoms with van der Waals surface area (Å²) in [5.74, 6) is -0.0995. The summed E-state index contributed by atoms with van der Waals surface area (Å²) in [5, 5.41) is 18.8. The van der Waals surface area contributed by atoms with Crippen LogP contribution in [0.2, 0.25) is 0 Å². The van der Waals surface area contributed by atoms with Gasteiger partial charge in [0, 0.05) is 22.8 Å². The number of nitrogens with one attached hydrogen (secondary N) is 1. The lowest BCUT2D eigenvalue weighted by Crippen LogP contribution is -2.22. The lowest BCUT2D eigenvalue weighted by molar-refractivity contribution is -0.141. The molecule has 3 aromatic rings. The predicted molar refractivity (Wildman–Crippen MR) is 121 cm³/mol. The van der Waals surface area contributed by atoms with E-state index in [9.17, 15) is 23.1 Å². The third-order valence-electron chi connectivity index (χ3n) is 6.49. The fourth-order valence-corrected chi connectivity index (χ4v) is 4.50. The number of amides is 1. The number of benzene rings is 1. The molecule has 1 amide bonds. The van der Waals surface area contributed by atoms with E-state index in [0.29, 0.717) is 23.3 Å². The summed E-state index contributed by atoms with van der Waals surface area (Å²) in [6.07, 6.45) is 4.32. The van der Waals surface area contributed by atoms with Gasteiger partial charge in [0.25, 0.3) is 5.91 Å². The van der Waals surface area contributed by atoms with E-state index in [1.54, 1.807) is 26.0 Å². The number of aromatic nitrogens is 4. The molecular formula is C24H28F3N5O2. The maximum atomic E-state index is 13.0. The number of carbonyl (C=O) groups is 1. The summed E-state index contributed by atoms with van der Waals surface area (Å²) >= 11 is 0. The maximum absolute atomic E-state index is 13.0. The van der Waals surface area contributed by atoms with Gasteiger partial charge in [0.05, 0.1) is 29.6 Å². The van der Waals surface area contributed by atoms with Crippen LogP contribution >= 0.6 is 0 Å². The van der Waals surface area contributed by atoms with Crippen LogP contribution in [0.4, 0.5) is 18.9 Å². The molecule has 0 aliphatic heterocycles. The summed E-state index contributed by atoms with van der Waals surface area (Å²) in [5.41, 5.74) is -1.71. The molecule has 0 bridgehead atoms. The highest BCUT2D eigenvalue weighted by molar-refractivity contribution is 6.04. The van der Waals surface area contributed by atoms with Gasteiger partial charge in [-0.1, -0.05) is 13.3 Å². The molecule has 2 aromatic heterocycles. The molecule has 4 rings (SSSR count). The molecule has 10 heteroatoms. The van der Waals surface area contributed by atoms with Crippen LogP contribution in [0.1, 0.15) is 80.7 Å². The van der Waals surface area contributed by atoms with Crippen LogP contribution in [0.5, 0.6) is 0 Å². The van der Waals surface area contributed by atoms with Crippen LogP contribution in [0.15, 0.2) is 30.7 Å². The largest absolute Gasteiger partial charge is 0.434 e. The summed E-state index contributed by atoms with van der Waals surface area (Å²) in [4.78, 5) is 19.6. The van der Waals surface area contributed by atoms with E-state index in [2.05, 4.69) is 22.2 Å². The van der Waals surface area contributed by atoms with Crippen molar-refractivity contribution >= 4 is 22.5 Å². The van der Waals surface area contributed by atoms with Crippen molar-refractivity contribution in [2.45, 2.75) is 70.7 Å². The first-order valence-electron chi connectivity index (χ1n) is 11.4. The molecule has 0 spiro atoms. The first kappa shape index (κ1) is 24.1. The Morgan fingerprint density at radius 1 is 1.18 bits per heavy atom. The van der Waals surface area contributed by atoms with E-state index in [1.165, 1.54) is 6.42 Å². The molecule has 0 saturated heterocycles. The number of anilines is 1. The van der Waals surface area contributed by atoms with Crippen LogP contribution in [-0.4, -0.2) is 30.8 Å². The monoisotopic (exact) mass is 475 g/mol. The van der Waals surface area contributed by atoms with E-state index in [0.717, 1.165) is 43.2 Å². The van der Waals surface area contributed by atoms with E-state index < -0.39 is 29.1 Å². The molecule has 0 unspecified atom stereocenters. The second-order valence-corrected chi connectivity index (χ2v) is 9.45.